The molecule has 1 heteroatoms. The van der Waals surface area contributed by atoms with Gasteiger partial charge in [-0.2, -0.15) is 0 Å². The lowest BCUT2D eigenvalue weighted by Gasteiger charge is -2.18. The molecule has 0 unspecified atom stereocenters. The van der Waals surface area contributed by atoms with Crippen LogP contribution in [0.25, 0.3) is 109 Å². The highest BCUT2D eigenvalue weighted by Gasteiger charge is 2.20. The lowest BCUT2D eigenvalue weighted by atomic mass is 9.85. The van der Waals surface area contributed by atoms with Gasteiger partial charge in [0.1, 0.15) is 11.2 Å². The molecule has 0 spiro atoms. The molecule has 0 N–H and O–H groups in total. The van der Waals surface area contributed by atoms with E-state index in [0.717, 1.165) is 32.7 Å². The highest BCUT2D eigenvalue weighted by atomic mass is 16.3. The van der Waals surface area contributed by atoms with Gasteiger partial charge < -0.3 is 4.42 Å². The van der Waals surface area contributed by atoms with Crippen molar-refractivity contribution in [1.29, 1.82) is 0 Å². The smallest absolute Gasteiger partial charge is 0.143 e. The predicted molar refractivity (Wildman–Crippen MR) is 218 cm³/mol. The van der Waals surface area contributed by atoms with Crippen molar-refractivity contribution in [3.8, 4) is 33.4 Å². The van der Waals surface area contributed by atoms with Crippen LogP contribution in [0.4, 0.5) is 0 Å². The first-order chi connectivity index (χ1) is 25.3. The Balaban J connectivity index is 1.14. The number of rotatable bonds is 3. The highest BCUT2D eigenvalue weighted by Crippen LogP contribution is 2.46. The van der Waals surface area contributed by atoms with Crippen molar-refractivity contribution in [2.75, 3.05) is 0 Å². The molecule has 0 aliphatic heterocycles. The average Bonchev–Trinajstić information content (AvgIpc) is 3.60. The Hall–Kier alpha value is -6.70. The fraction of sp³-hybridized carbons (Fsp3) is 0. The molecule has 0 radical (unpaired) electrons. The van der Waals surface area contributed by atoms with Crippen molar-refractivity contribution in [2.45, 2.75) is 0 Å². The number of fused-ring (bicyclic) bond motifs is 10. The van der Waals surface area contributed by atoms with Gasteiger partial charge in [0, 0.05) is 21.5 Å². The van der Waals surface area contributed by atoms with Crippen molar-refractivity contribution in [3.05, 3.63) is 182 Å². The monoisotopic (exact) mass is 646 g/mol. The zero-order valence-electron chi connectivity index (χ0n) is 27.7. The maximum Gasteiger partial charge on any atom is 0.143 e. The van der Waals surface area contributed by atoms with Crippen LogP contribution in [0, 0.1) is 0 Å². The number of furan rings is 1. The Bertz CT molecular complexity index is 3120. The Kier molecular flexibility index (Phi) is 6.02. The second kappa shape index (κ2) is 10.9. The van der Waals surface area contributed by atoms with E-state index in [4.69, 9.17) is 4.42 Å². The zero-order chi connectivity index (χ0) is 33.5. The summed E-state index contributed by atoms with van der Waals surface area (Å²) in [5.74, 6) is 0. The molecule has 51 heavy (non-hydrogen) atoms. The van der Waals surface area contributed by atoms with E-state index in [1.807, 2.05) is 0 Å². The topological polar surface area (TPSA) is 13.1 Å². The van der Waals surface area contributed by atoms with E-state index >= 15 is 0 Å². The van der Waals surface area contributed by atoms with Gasteiger partial charge in [0.25, 0.3) is 0 Å². The third-order valence-electron chi connectivity index (χ3n) is 10.8. The van der Waals surface area contributed by atoms with Crippen LogP contribution >= 0.6 is 0 Å². The third-order valence-corrected chi connectivity index (χ3v) is 10.8. The molecule has 0 amide bonds. The van der Waals surface area contributed by atoms with Gasteiger partial charge in [0.2, 0.25) is 0 Å². The van der Waals surface area contributed by atoms with Crippen LogP contribution < -0.4 is 0 Å². The minimum atomic E-state index is 0.944. The summed E-state index contributed by atoms with van der Waals surface area (Å²) in [5.41, 5.74) is 9.24. The van der Waals surface area contributed by atoms with E-state index < -0.39 is 0 Å². The van der Waals surface area contributed by atoms with E-state index in [9.17, 15) is 0 Å². The van der Waals surface area contributed by atoms with Gasteiger partial charge in [-0.25, -0.2) is 0 Å². The van der Waals surface area contributed by atoms with Gasteiger partial charge in [-0.15, -0.1) is 0 Å². The summed E-state index contributed by atoms with van der Waals surface area (Å²) in [6.07, 6.45) is 0. The standard InChI is InChI=1S/C50H30O/c1-2-13-35-29-37(26-21-31(35)11-1)47-42-19-9-7-17-40(42)46(41-18-8-10-20-43(41)47)34-24-22-33(23-25-34)45-30-36-14-4-6-16-39(36)50-48(45)44-28-27-32-12-3-5-15-38(32)49(44)51-50/h1-30H. The molecule has 11 rings (SSSR count). The number of benzene rings is 10. The van der Waals surface area contributed by atoms with Crippen LogP contribution in [-0.4, -0.2) is 0 Å². The summed E-state index contributed by atoms with van der Waals surface area (Å²) in [6.45, 7) is 0. The fourth-order valence-corrected chi connectivity index (χ4v) is 8.48. The largest absolute Gasteiger partial charge is 0.455 e. The minimum Gasteiger partial charge on any atom is -0.455 e. The summed E-state index contributed by atoms with van der Waals surface area (Å²) in [7, 11) is 0. The molecule has 0 saturated heterocycles. The second-order valence-electron chi connectivity index (χ2n) is 13.6. The van der Waals surface area contributed by atoms with Crippen molar-refractivity contribution >= 4 is 75.8 Å². The molecule has 11 aromatic rings. The summed E-state index contributed by atoms with van der Waals surface area (Å²) < 4.78 is 6.80. The van der Waals surface area contributed by atoms with Gasteiger partial charge in [-0.05, 0) is 94.7 Å². The lowest BCUT2D eigenvalue weighted by molar-refractivity contribution is 0.676. The van der Waals surface area contributed by atoms with E-state index in [0.29, 0.717) is 0 Å². The predicted octanol–water partition coefficient (Wildman–Crippen LogP) is 14.4. The van der Waals surface area contributed by atoms with E-state index in [1.165, 1.54) is 76.5 Å². The molecule has 1 heterocycles. The van der Waals surface area contributed by atoms with Gasteiger partial charge in [0.05, 0.1) is 0 Å². The minimum absolute atomic E-state index is 0.944. The third kappa shape index (κ3) is 4.22. The first-order valence-corrected chi connectivity index (χ1v) is 17.6. The average molecular weight is 647 g/mol. The summed E-state index contributed by atoms with van der Waals surface area (Å²) in [6, 6.07) is 66.3. The molecule has 0 fully saturated rings. The van der Waals surface area contributed by atoms with Crippen LogP contribution in [0.3, 0.4) is 0 Å². The highest BCUT2D eigenvalue weighted by molar-refractivity contribution is 6.25. The summed E-state index contributed by atoms with van der Waals surface area (Å²) in [4.78, 5) is 0. The molecule has 236 valence electrons. The first kappa shape index (κ1) is 28.2. The van der Waals surface area contributed by atoms with E-state index in [2.05, 4.69) is 182 Å². The second-order valence-corrected chi connectivity index (χ2v) is 13.6. The van der Waals surface area contributed by atoms with E-state index in [1.54, 1.807) is 0 Å². The molecular formula is C50H30O. The fourth-order valence-electron chi connectivity index (χ4n) is 8.48. The normalized spacial score (nSPS) is 11.9. The van der Waals surface area contributed by atoms with Crippen molar-refractivity contribution < 1.29 is 4.42 Å². The molecule has 0 atom stereocenters. The van der Waals surface area contributed by atoms with E-state index in [-0.39, 0.29) is 0 Å². The molecular weight excluding hydrogens is 617 g/mol. The summed E-state index contributed by atoms with van der Waals surface area (Å²) in [5, 5.41) is 14.5. The molecule has 1 aromatic heterocycles. The van der Waals surface area contributed by atoms with Crippen LogP contribution in [0.5, 0.6) is 0 Å². The molecule has 0 bridgehead atoms. The maximum atomic E-state index is 6.80. The van der Waals surface area contributed by atoms with Crippen molar-refractivity contribution in [2.24, 2.45) is 0 Å². The molecule has 0 saturated carbocycles. The van der Waals surface area contributed by atoms with Gasteiger partial charge in [0.15, 0.2) is 0 Å². The Morgan fingerprint density at radius 2 is 0.745 bits per heavy atom. The SMILES string of the molecule is c1ccc2cc(-c3c4ccccc4c(-c4ccc(-c5cc6ccccc6c6oc7c8ccccc8ccc7c56)cc4)c4ccccc34)ccc2c1. The maximum absolute atomic E-state index is 6.80. The molecule has 1 nitrogen and oxygen atoms in total. The molecule has 0 aliphatic rings. The molecule has 0 aliphatic carbocycles. The zero-order valence-corrected chi connectivity index (χ0v) is 27.7. The van der Waals surface area contributed by atoms with Crippen molar-refractivity contribution in [1.82, 2.24) is 0 Å². The quantitative estimate of drug-likeness (QED) is 0.174. The Labute approximate surface area is 294 Å². The van der Waals surface area contributed by atoms with Gasteiger partial charge in [-0.3, -0.25) is 0 Å². The Morgan fingerprint density at radius 1 is 0.275 bits per heavy atom. The van der Waals surface area contributed by atoms with Crippen LogP contribution in [-0.2, 0) is 0 Å². The number of hydrogen-bond acceptors (Lipinski definition) is 1. The molecule has 10 aromatic carbocycles. The number of hydrogen-bond donors (Lipinski definition) is 0. The van der Waals surface area contributed by atoms with Crippen LogP contribution in [0.1, 0.15) is 0 Å². The van der Waals surface area contributed by atoms with Crippen LogP contribution in [0.2, 0.25) is 0 Å². The lowest BCUT2D eigenvalue weighted by Crippen LogP contribution is -1.91. The van der Waals surface area contributed by atoms with Gasteiger partial charge in [-0.1, -0.05) is 164 Å². The van der Waals surface area contributed by atoms with Gasteiger partial charge >= 0.3 is 0 Å². The Morgan fingerprint density at radius 3 is 1.41 bits per heavy atom. The summed E-state index contributed by atoms with van der Waals surface area (Å²) >= 11 is 0. The first-order valence-electron chi connectivity index (χ1n) is 17.6. The van der Waals surface area contributed by atoms with Crippen molar-refractivity contribution in [3.63, 3.8) is 0 Å². The van der Waals surface area contributed by atoms with Crippen LogP contribution in [0.15, 0.2) is 186 Å².